The minimum Gasteiger partial charge on any atom is -0.314 e. The fourth-order valence-corrected chi connectivity index (χ4v) is 4.09. The van der Waals surface area contributed by atoms with Crippen LogP contribution >= 0.6 is 0 Å². The first kappa shape index (κ1) is 16.3. The van der Waals surface area contributed by atoms with Crippen LogP contribution in [-0.2, 0) is 10.0 Å². The highest BCUT2D eigenvalue weighted by Crippen LogP contribution is 2.19. The molecule has 118 valence electrons. The van der Waals surface area contributed by atoms with Gasteiger partial charge >= 0.3 is 0 Å². The standard InChI is InChI=1S/C15H25N3O2S/c1-3-18(15-6-4-14(2)5-7-15)21(19,20)13-12-17-10-8-16-9-11-17/h4-7,16H,3,8-13H2,1-2H3. The van der Waals surface area contributed by atoms with Gasteiger partial charge in [-0.05, 0) is 26.0 Å². The Morgan fingerprint density at radius 2 is 1.81 bits per heavy atom. The van der Waals surface area contributed by atoms with E-state index < -0.39 is 10.0 Å². The van der Waals surface area contributed by atoms with E-state index in [0.29, 0.717) is 13.1 Å². The maximum absolute atomic E-state index is 12.6. The minimum absolute atomic E-state index is 0.175. The van der Waals surface area contributed by atoms with Gasteiger partial charge in [0.1, 0.15) is 0 Å². The number of sulfonamides is 1. The van der Waals surface area contributed by atoms with Crippen LogP contribution in [0.15, 0.2) is 24.3 Å². The maximum atomic E-state index is 12.6. The lowest BCUT2D eigenvalue weighted by molar-refractivity contribution is 0.254. The second-order valence-electron chi connectivity index (χ2n) is 5.41. The summed E-state index contributed by atoms with van der Waals surface area (Å²) in [5.74, 6) is 0.175. The second-order valence-corrected chi connectivity index (χ2v) is 7.42. The summed E-state index contributed by atoms with van der Waals surface area (Å²) < 4.78 is 26.7. The molecule has 2 rings (SSSR count). The van der Waals surface area contributed by atoms with Crippen molar-refractivity contribution in [3.63, 3.8) is 0 Å². The third-order valence-electron chi connectivity index (χ3n) is 3.82. The van der Waals surface area contributed by atoms with E-state index in [-0.39, 0.29) is 5.75 Å². The molecule has 1 aliphatic rings. The molecule has 0 unspecified atom stereocenters. The van der Waals surface area contributed by atoms with Crippen molar-refractivity contribution in [2.24, 2.45) is 0 Å². The Bertz CT molecular complexity index is 537. The zero-order valence-corrected chi connectivity index (χ0v) is 13.7. The Morgan fingerprint density at radius 3 is 2.38 bits per heavy atom. The number of anilines is 1. The van der Waals surface area contributed by atoms with Gasteiger partial charge in [-0.15, -0.1) is 0 Å². The van der Waals surface area contributed by atoms with Crippen molar-refractivity contribution in [3.05, 3.63) is 29.8 Å². The van der Waals surface area contributed by atoms with Crippen LogP contribution in [0.4, 0.5) is 5.69 Å². The highest BCUT2D eigenvalue weighted by molar-refractivity contribution is 7.92. The zero-order valence-electron chi connectivity index (χ0n) is 12.9. The first-order chi connectivity index (χ1) is 10.0. The molecule has 5 nitrogen and oxygen atoms in total. The van der Waals surface area contributed by atoms with Crippen LogP contribution in [0.5, 0.6) is 0 Å². The number of hydrogen-bond donors (Lipinski definition) is 1. The van der Waals surface area contributed by atoms with Gasteiger partial charge in [0.2, 0.25) is 10.0 Å². The van der Waals surface area contributed by atoms with Crippen LogP contribution in [0, 0.1) is 6.92 Å². The van der Waals surface area contributed by atoms with Crippen molar-refractivity contribution in [1.29, 1.82) is 0 Å². The number of aryl methyl sites for hydroxylation is 1. The third-order valence-corrected chi connectivity index (χ3v) is 5.66. The minimum atomic E-state index is -3.27. The van der Waals surface area contributed by atoms with Crippen molar-refractivity contribution >= 4 is 15.7 Å². The van der Waals surface area contributed by atoms with Crippen molar-refractivity contribution in [3.8, 4) is 0 Å². The van der Waals surface area contributed by atoms with E-state index in [0.717, 1.165) is 37.4 Å². The predicted octanol–water partition coefficient (Wildman–Crippen LogP) is 1.06. The molecule has 1 fully saturated rings. The number of hydrogen-bond acceptors (Lipinski definition) is 4. The van der Waals surface area contributed by atoms with Gasteiger partial charge in [-0.1, -0.05) is 17.7 Å². The summed E-state index contributed by atoms with van der Waals surface area (Å²) >= 11 is 0. The second kappa shape index (κ2) is 7.24. The maximum Gasteiger partial charge on any atom is 0.236 e. The van der Waals surface area contributed by atoms with Crippen LogP contribution in [0.1, 0.15) is 12.5 Å². The Balaban J connectivity index is 2.03. The molecule has 1 aliphatic heterocycles. The lowest BCUT2D eigenvalue weighted by Crippen LogP contribution is -2.46. The van der Waals surface area contributed by atoms with Crippen molar-refractivity contribution in [2.45, 2.75) is 13.8 Å². The molecule has 0 aliphatic carbocycles. The smallest absolute Gasteiger partial charge is 0.236 e. The average Bonchev–Trinajstić information content (AvgIpc) is 2.49. The van der Waals surface area contributed by atoms with Gasteiger partial charge in [0.25, 0.3) is 0 Å². The molecule has 1 heterocycles. The van der Waals surface area contributed by atoms with E-state index in [1.165, 1.54) is 4.31 Å². The normalized spacial score (nSPS) is 16.9. The molecule has 0 bridgehead atoms. The monoisotopic (exact) mass is 311 g/mol. The Kier molecular flexibility index (Phi) is 5.61. The number of piperazine rings is 1. The average molecular weight is 311 g/mol. The van der Waals surface area contributed by atoms with E-state index in [2.05, 4.69) is 10.2 Å². The molecule has 1 N–H and O–H groups in total. The molecule has 6 heteroatoms. The molecule has 0 atom stereocenters. The van der Waals surface area contributed by atoms with Crippen LogP contribution in [0.3, 0.4) is 0 Å². The lowest BCUT2D eigenvalue weighted by Gasteiger charge is -2.29. The highest BCUT2D eigenvalue weighted by Gasteiger charge is 2.22. The Labute approximate surface area is 128 Å². The quantitative estimate of drug-likeness (QED) is 0.853. The molecule has 0 saturated carbocycles. The van der Waals surface area contributed by atoms with Gasteiger partial charge < -0.3 is 5.32 Å². The summed E-state index contributed by atoms with van der Waals surface area (Å²) in [5, 5.41) is 3.28. The number of nitrogens with one attached hydrogen (secondary N) is 1. The van der Waals surface area contributed by atoms with Gasteiger partial charge in [-0.2, -0.15) is 0 Å². The summed E-state index contributed by atoms with van der Waals surface area (Å²) in [6.45, 7) is 8.67. The zero-order chi connectivity index (χ0) is 15.3. The lowest BCUT2D eigenvalue weighted by atomic mass is 10.2. The predicted molar refractivity (Wildman–Crippen MR) is 87.3 cm³/mol. The summed E-state index contributed by atoms with van der Waals surface area (Å²) in [6.07, 6.45) is 0. The van der Waals surface area contributed by atoms with Gasteiger partial charge in [-0.3, -0.25) is 9.21 Å². The molecule has 0 spiro atoms. The summed E-state index contributed by atoms with van der Waals surface area (Å²) in [4.78, 5) is 2.21. The fourth-order valence-electron chi connectivity index (χ4n) is 2.54. The van der Waals surface area contributed by atoms with Crippen molar-refractivity contribution in [1.82, 2.24) is 10.2 Å². The molecular weight excluding hydrogens is 286 g/mol. The topological polar surface area (TPSA) is 52.7 Å². The molecule has 0 amide bonds. The summed E-state index contributed by atoms with van der Waals surface area (Å²) in [5.41, 5.74) is 1.89. The Morgan fingerprint density at radius 1 is 1.19 bits per heavy atom. The summed E-state index contributed by atoms with van der Waals surface area (Å²) in [7, 11) is -3.27. The SMILES string of the molecule is CCN(c1ccc(C)cc1)S(=O)(=O)CCN1CCNCC1. The molecule has 1 saturated heterocycles. The molecule has 21 heavy (non-hydrogen) atoms. The van der Waals surface area contributed by atoms with Gasteiger partial charge in [0.15, 0.2) is 0 Å². The van der Waals surface area contributed by atoms with Crippen LogP contribution in [0.25, 0.3) is 0 Å². The fraction of sp³-hybridized carbons (Fsp3) is 0.600. The molecule has 1 aromatic carbocycles. The number of benzene rings is 1. The molecular formula is C15H25N3O2S. The van der Waals surface area contributed by atoms with Crippen LogP contribution < -0.4 is 9.62 Å². The molecule has 0 radical (unpaired) electrons. The van der Waals surface area contributed by atoms with Crippen LogP contribution in [0.2, 0.25) is 0 Å². The van der Waals surface area contributed by atoms with Crippen molar-refractivity contribution in [2.75, 3.05) is 49.3 Å². The molecule has 1 aromatic rings. The third kappa shape index (κ3) is 4.43. The van der Waals surface area contributed by atoms with E-state index in [9.17, 15) is 8.42 Å². The number of rotatable bonds is 6. The van der Waals surface area contributed by atoms with E-state index in [1.807, 2.05) is 38.1 Å². The van der Waals surface area contributed by atoms with Gasteiger partial charge in [0.05, 0.1) is 11.4 Å². The molecule has 0 aromatic heterocycles. The first-order valence-corrected chi connectivity index (χ1v) is 9.14. The Hall–Kier alpha value is -1.11. The van der Waals surface area contributed by atoms with Crippen LogP contribution in [-0.4, -0.2) is 58.3 Å². The summed E-state index contributed by atoms with van der Waals surface area (Å²) in [6, 6.07) is 7.65. The van der Waals surface area contributed by atoms with E-state index in [1.54, 1.807) is 0 Å². The number of nitrogens with zero attached hydrogens (tertiary/aromatic N) is 2. The largest absolute Gasteiger partial charge is 0.314 e. The highest BCUT2D eigenvalue weighted by atomic mass is 32.2. The van der Waals surface area contributed by atoms with E-state index in [4.69, 9.17) is 0 Å². The van der Waals surface area contributed by atoms with Crippen molar-refractivity contribution < 1.29 is 8.42 Å². The van der Waals surface area contributed by atoms with Gasteiger partial charge in [-0.25, -0.2) is 8.42 Å². The van der Waals surface area contributed by atoms with Gasteiger partial charge in [0, 0.05) is 39.3 Å². The first-order valence-electron chi connectivity index (χ1n) is 7.53. The van der Waals surface area contributed by atoms with E-state index >= 15 is 0 Å².